The van der Waals surface area contributed by atoms with Crippen LogP contribution in [-0.2, 0) is 10.7 Å². The third kappa shape index (κ3) is 3.39. The third-order valence-corrected chi connectivity index (χ3v) is 2.22. The summed E-state index contributed by atoms with van der Waals surface area (Å²) in [4.78, 5) is 17.3. The normalized spacial score (nSPS) is 10.8. The molecule has 0 heterocycles. The quantitative estimate of drug-likeness (QED) is 0.698. The molecule has 0 unspecified atom stereocenters. The zero-order valence-corrected chi connectivity index (χ0v) is 7.61. The van der Waals surface area contributed by atoms with Gasteiger partial charge in [-0.1, -0.05) is 12.1 Å². The summed E-state index contributed by atoms with van der Waals surface area (Å²) in [5.74, 6) is 0. The maximum absolute atomic E-state index is 10.6. The van der Waals surface area contributed by atoms with Crippen LogP contribution in [0.2, 0.25) is 0 Å². The van der Waals surface area contributed by atoms with Crippen molar-refractivity contribution in [2.24, 2.45) is 0 Å². The van der Waals surface area contributed by atoms with Crippen molar-refractivity contribution in [3.63, 3.8) is 0 Å². The minimum Gasteiger partial charge on any atom is -0.324 e. The van der Waals surface area contributed by atoms with Gasteiger partial charge in [-0.15, -0.1) is 0 Å². The molecular weight excluding hydrogens is 189 g/mol. The first kappa shape index (κ1) is 9.94. The summed E-state index contributed by atoms with van der Waals surface area (Å²) >= 11 is 0. The molecule has 4 nitrogen and oxygen atoms in total. The first-order valence-electron chi connectivity index (χ1n) is 3.55. The highest BCUT2D eigenvalue weighted by Gasteiger charge is 2.13. The molecule has 0 saturated heterocycles. The van der Waals surface area contributed by atoms with Crippen molar-refractivity contribution in [2.45, 2.75) is 6.16 Å². The van der Waals surface area contributed by atoms with Gasteiger partial charge in [-0.2, -0.15) is 5.26 Å². The van der Waals surface area contributed by atoms with Crippen LogP contribution in [0.4, 0.5) is 0 Å². The highest BCUT2D eigenvalue weighted by molar-refractivity contribution is 7.50. The van der Waals surface area contributed by atoms with Crippen LogP contribution in [0.25, 0.3) is 0 Å². The van der Waals surface area contributed by atoms with Gasteiger partial charge in [0.15, 0.2) is 0 Å². The summed E-state index contributed by atoms with van der Waals surface area (Å²) in [7, 11) is -4.03. The molecule has 0 aromatic heterocycles. The first-order chi connectivity index (χ1) is 6.01. The number of nitriles is 1. The van der Waals surface area contributed by atoms with Gasteiger partial charge in [-0.25, -0.2) is 0 Å². The van der Waals surface area contributed by atoms with Crippen LogP contribution in [0.3, 0.4) is 0 Å². The summed E-state index contributed by atoms with van der Waals surface area (Å²) < 4.78 is 10.6. The van der Waals surface area contributed by atoms with Gasteiger partial charge in [0.25, 0.3) is 0 Å². The molecule has 2 N–H and O–H groups in total. The lowest BCUT2D eigenvalue weighted by atomic mass is 10.2. The van der Waals surface area contributed by atoms with Crippen LogP contribution >= 0.6 is 7.60 Å². The molecule has 0 aliphatic carbocycles. The zero-order valence-electron chi connectivity index (χ0n) is 6.71. The zero-order chi connectivity index (χ0) is 9.90. The van der Waals surface area contributed by atoms with Crippen LogP contribution in [0.1, 0.15) is 11.1 Å². The molecule has 0 bridgehead atoms. The third-order valence-electron chi connectivity index (χ3n) is 1.44. The summed E-state index contributed by atoms with van der Waals surface area (Å²) in [5.41, 5.74) is 0.887. The van der Waals surface area contributed by atoms with E-state index >= 15 is 0 Å². The number of benzene rings is 1. The fraction of sp³-hybridized carbons (Fsp3) is 0.125. The Bertz CT molecular complexity index is 391. The molecule has 0 fully saturated rings. The van der Waals surface area contributed by atoms with Crippen molar-refractivity contribution in [1.29, 1.82) is 5.26 Å². The van der Waals surface area contributed by atoms with E-state index in [1.165, 1.54) is 6.07 Å². The van der Waals surface area contributed by atoms with Crippen LogP contribution in [-0.4, -0.2) is 9.79 Å². The lowest BCUT2D eigenvalue weighted by Crippen LogP contribution is -1.87. The van der Waals surface area contributed by atoms with E-state index in [9.17, 15) is 4.57 Å². The number of hydrogen-bond donors (Lipinski definition) is 2. The van der Waals surface area contributed by atoms with Crippen molar-refractivity contribution >= 4 is 7.60 Å². The van der Waals surface area contributed by atoms with Gasteiger partial charge in [0.1, 0.15) is 0 Å². The average molecular weight is 197 g/mol. The molecule has 0 spiro atoms. The van der Waals surface area contributed by atoms with Gasteiger partial charge in [0.05, 0.1) is 17.8 Å². The standard InChI is InChI=1S/C8H8NO3P/c9-5-7-2-1-3-8(4-7)6-13(10,11)12/h1-4H,6H2,(H2,10,11,12). The molecule has 13 heavy (non-hydrogen) atoms. The van der Waals surface area contributed by atoms with Crippen molar-refractivity contribution in [3.05, 3.63) is 35.4 Å². The molecule has 0 atom stereocenters. The maximum Gasteiger partial charge on any atom is 0.329 e. The number of nitrogens with zero attached hydrogens (tertiary/aromatic N) is 1. The fourth-order valence-corrected chi connectivity index (χ4v) is 1.65. The van der Waals surface area contributed by atoms with Crippen LogP contribution in [0.15, 0.2) is 24.3 Å². The van der Waals surface area contributed by atoms with E-state index in [4.69, 9.17) is 15.0 Å². The van der Waals surface area contributed by atoms with E-state index in [0.717, 1.165) is 0 Å². The Balaban J connectivity index is 2.92. The summed E-state index contributed by atoms with van der Waals surface area (Å²) in [5, 5.41) is 8.52. The van der Waals surface area contributed by atoms with Gasteiger partial charge in [-0.3, -0.25) is 4.57 Å². The molecule has 1 rings (SSSR count). The molecule has 0 aliphatic heterocycles. The van der Waals surface area contributed by atoms with Gasteiger partial charge < -0.3 is 9.79 Å². The molecular formula is C8H8NO3P. The van der Waals surface area contributed by atoms with E-state index in [0.29, 0.717) is 11.1 Å². The minimum absolute atomic E-state index is 0.317. The summed E-state index contributed by atoms with van der Waals surface area (Å²) in [6, 6.07) is 8.14. The smallest absolute Gasteiger partial charge is 0.324 e. The van der Waals surface area contributed by atoms with Gasteiger partial charge >= 0.3 is 7.60 Å². The Kier molecular flexibility index (Phi) is 2.84. The van der Waals surface area contributed by atoms with Gasteiger partial charge in [0.2, 0.25) is 0 Å². The molecule has 0 radical (unpaired) electrons. The van der Waals surface area contributed by atoms with Crippen molar-refractivity contribution < 1.29 is 14.4 Å². The van der Waals surface area contributed by atoms with E-state index in [2.05, 4.69) is 0 Å². The largest absolute Gasteiger partial charge is 0.329 e. The Morgan fingerprint density at radius 2 is 2.15 bits per heavy atom. The molecule has 0 amide bonds. The molecule has 0 saturated carbocycles. The van der Waals surface area contributed by atoms with Gasteiger partial charge in [0, 0.05) is 0 Å². The molecule has 5 heteroatoms. The highest BCUT2D eigenvalue weighted by atomic mass is 31.2. The average Bonchev–Trinajstić information content (AvgIpc) is 2.01. The van der Waals surface area contributed by atoms with Crippen LogP contribution < -0.4 is 0 Å². The minimum atomic E-state index is -4.03. The molecule has 1 aromatic rings. The first-order valence-corrected chi connectivity index (χ1v) is 5.34. The van der Waals surface area contributed by atoms with Crippen molar-refractivity contribution in [3.8, 4) is 6.07 Å². The van der Waals surface area contributed by atoms with E-state index in [-0.39, 0.29) is 6.16 Å². The predicted molar refractivity (Wildman–Crippen MR) is 46.9 cm³/mol. The highest BCUT2D eigenvalue weighted by Crippen LogP contribution is 2.38. The lowest BCUT2D eigenvalue weighted by Gasteiger charge is -2.03. The molecule has 68 valence electrons. The van der Waals surface area contributed by atoms with Gasteiger partial charge in [-0.05, 0) is 17.7 Å². The Labute approximate surface area is 75.6 Å². The van der Waals surface area contributed by atoms with E-state index in [1.807, 2.05) is 6.07 Å². The summed E-state index contributed by atoms with van der Waals surface area (Å²) in [6.45, 7) is 0. The molecule has 0 aliphatic rings. The van der Waals surface area contributed by atoms with E-state index < -0.39 is 7.60 Å². The predicted octanol–water partition coefficient (Wildman–Crippen LogP) is 1.24. The Hall–Kier alpha value is -1.14. The topological polar surface area (TPSA) is 81.3 Å². The summed E-state index contributed by atoms with van der Waals surface area (Å²) in [6.07, 6.45) is -0.317. The van der Waals surface area contributed by atoms with Crippen LogP contribution in [0.5, 0.6) is 0 Å². The second-order valence-corrected chi connectivity index (χ2v) is 4.28. The number of rotatable bonds is 2. The molecule has 1 aromatic carbocycles. The SMILES string of the molecule is N#Cc1cccc(CP(=O)(O)O)c1. The maximum atomic E-state index is 10.6. The Morgan fingerprint density at radius 3 is 2.69 bits per heavy atom. The van der Waals surface area contributed by atoms with Crippen molar-refractivity contribution in [2.75, 3.05) is 0 Å². The van der Waals surface area contributed by atoms with Crippen LogP contribution in [0, 0.1) is 11.3 Å². The second-order valence-electron chi connectivity index (χ2n) is 2.63. The number of hydrogen-bond acceptors (Lipinski definition) is 2. The second kappa shape index (κ2) is 3.71. The monoisotopic (exact) mass is 197 g/mol. The van der Waals surface area contributed by atoms with Crippen molar-refractivity contribution in [1.82, 2.24) is 0 Å². The van der Waals surface area contributed by atoms with E-state index in [1.54, 1.807) is 18.2 Å². The fourth-order valence-electron chi connectivity index (χ4n) is 0.977. The lowest BCUT2D eigenvalue weighted by molar-refractivity contribution is 0.371. The Morgan fingerprint density at radius 1 is 1.46 bits per heavy atom.